The van der Waals surface area contributed by atoms with Crippen LogP contribution in [0.2, 0.25) is 5.28 Å². The number of hydrogen-bond donors (Lipinski definition) is 0. The molecular formula is C14H17ClN2O4. The van der Waals surface area contributed by atoms with Gasteiger partial charge in [-0.3, -0.25) is 0 Å². The first-order valence-electron chi connectivity index (χ1n) is 6.44. The maximum Gasteiger partial charge on any atom is 0.222 e. The molecule has 0 aliphatic heterocycles. The minimum atomic E-state index is 0.193. The Labute approximate surface area is 127 Å². The molecule has 114 valence electrons. The summed E-state index contributed by atoms with van der Waals surface area (Å²) < 4.78 is 21.3. The van der Waals surface area contributed by atoms with E-state index >= 15 is 0 Å². The average Bonchev–Trinajstić information content (AvgIpc) is 2.48. The smallest absolute Gasteiger partial charge is 0.222 e. The van der Waals surface area contributed by atoms with Gasteiger partial charge in [0.15, 0.2) is 11.5 Å². The van der Waals surface area contributed by atoms with E-state index in [2.05, 4.69) is 9.97 Å². The van der Waals surface area contributed by atoms with Gasteiger partial charge >= 0.3 is 0 Å². The Bertz CT molecular complexity index is 594. The fourth-order valence-electron chi connectivity index (χ4n) is 1.71. The quantitative estimate of drug-likeness (QED) is 0.551. The number of halogens is 1. The van der Waals surface area contributed by atoms with Crippen molar-refractivity contribution in [3.63, 3.8) is 0 Å². The van der Waals surface area contributed by atoms with Gasteiger partial charge in [0.05, 0.1) is 18.7 Å². The van der Waals surface area contributed by atoms with Crippen LogP contribution in [0.3, 0.4) is 0 Å². The number of hydrogen-bond acceptors (Lipinski definition) is 6. The first-order valence-corrected chi connectivity index (χ1v) is 6.82. The van der Waals surface area contributed by atoms with Crippen molar-refractivity contribution in [2.24, 2.45) is 0 Å². The van der Waals surface area contributed by atoms with E-state index in [4.69, 9.17) is 30.5 Å². The van der Waals surface area contributed by atoms with E-state index < -0.39 is 0 Å². The van der Waals surface area contributed by atoms with Crippen LogP contribution in [0.25, 0.3) is 10.9 Å². The minimum absolute atomic E-state index is 0.193. The first kappa shape index (κ1) is 15.8. The van der Waals surface area contributed by atoms with Crippen molar-refractivity contribution in [2.75, 3.05) is 40.6 Å². The van der Waals surface area contributed by atoms with Crippen LogP contribution in [-0.2, 0) is 9.47 Å². The van der Waals surface area contributed by atoms with Gasteiger partial charge in [-0.25, -0.2) is 9.97 Å². The number of methoxy groups -OCH3 is 2. The lowest BCUT2D eigenvalue weighted by Gasteiger charge is -2.13. The molecule has 1 aromatic carbocycles. The van der Waals surface area contributed by atoms with Crippen LogP contribution < -0.4 is 9.47 Å². The van der Waals surface area contributed by atoms with Gasteiger partial charge in [0.2, 0.25) is 5.28 Å². The summed E-state index contributed by atoms with van der Waals surface area (Å²) in [5.41, 5.74) is 0.696. The first-order chi connectivity index (χ1) is 10.2. The topological polar surface area (TPSA) is 62.7 Å². The average molecular weight is 313 g/mol. The van der Waals surface area contributed by atoms with Crippen LogP contribution in [-0.4, -0.2) is 50.6 Å². The summed E-state index contributed by atoms with van der Waals surface area (Å²) in [7, 11) is 3.24. The maximum atomic E-state index is 5.81. The summed E-state index contributed by atoms with van der Waals surface area (Å²) in [5, 5.41) is 1.02. The third kappa shape index (κ3) is 4.42. The second kappa shape index (κ2) is 7.97. The second-order valence-electron chi connectivity index (χ2n) is 4.18. The van der Waals surface area contributed by atoms with Gasteiger partial charge < -0.3 is 18.9 Å². The van der Waals surface area contributed by atoms with Crippen molar-refractivity contribution in [1.82, 2.24) is 9.97 Å². The maximum absolute atomic E-state index is 5.81. The van der Waals surface area contributed by atoms with Crippen LogP contribution in [0.1, 0.15) is 0 Å². The van der Waals surface area contributed by atoms with Gasteiger partial charge in [0.25, 0.3) is 0 Å². The van der Waals surface area contributed by atoms with E-state index in [0.29, 0.717) is 43.4 Å². The summed E-state index contributed by atoms with van der Waals surface area (Å²) in [5.74, 6) is 1.20. The third-order valence-corrected chi connectivity index (χ3v) is 2.89. The highest BCUT2D eigenvalue weighted by atomic mass is 35.5. The van der Waals surface area contributed by atoms with Crippen molar-refractivity contribution in [2.45, 2.75) is 0 Å². The molecule has 0 unspecified atom stereocenters. The SMILES string of the molecule is COCCOc1cc2cnc(Cl)nc2cc1OCCOC. The summed E-state index contributed by atoms with van der Waals surface area (Å²) in [4.78, 5) is 8.13. The molecular weight excluding hydrogens is 296 g/mol. The third-order valence-electron chi connectivity index (χ3n) is 2.71. The molecule has 0 spiro atoms. The molecule has 7 heteroatoms. The van der Waals surface area contributed by atoms with Gasteiger partial charge in [-0.05, 0) is 17.7 Å². The molecule has 1 aromatic heterocycles. The highest BCUT2D eigenvalue weighted by Gasteiger charge is 2.10. The number of ether oxygens (including phenoxy) is 4. The van der Waals surface area contributed by atoms with Gasteiger partial charge in [0.1, 0.15) is 13.2 Å². The molecule has 21 heavy (non-hydrogen) atoms. The molecule has 1 heterocycles. The van der Waals surface area contributed by atoms with Gasteiger partial charge in [-0.1, -0.05) is 0 Å². The van der Waals surface area contributed by atoms with Crippen LogP contribution >= 0.6 is 11.6 Å². The van der Waals surface area contributed by atoms with E-state index in [1.807, 2.05) is 6.07 Å². The Hall–Kier alpha value is -1.63. The molecule has 0 saturated carbocycles. The molecule has 0 bridgehead atoms. The molecule has 0 N–H and O–H groups in total. The predicted molar refractivity (Wildman–Crippen MR) is 79.3 cm³/mol. The van der Waals surface area contributed by atoms with Crippen molar-refractivity contribution < 1.29 is 18.9 Å². The van der Waals surface area contributed by atoms with E-state index in [0.717, 1.165) is 5.39 Å². The number of aromatic nitrogens is 2. The van der Waals surface area contributed by atoms with Crippen LogP contribution in [0, 0.1) is 0 Å². The van der Waals surface area contributed by atoms with Gasteiger partial charge in [0, 0.05) is 31.9 Å². The normalized spacial score (nSPS) is 10.8. The molecule has 2 rings (SSSR count). The second-order valence-corrected chi connectivity index (χ2v) is 4.52. The van der Waals surface area contributed by atoms with Crippen molar-refractivity contribution >= 4 is 22.5 Å². The highest BCUT2D eigenvalue weighted by Crippen LogP contribution is 2.32. The van der Waals surface area contributed by atoms with Crippen LogP contribution in [0.15, 0.2) is 18.3 Å². The lowest BCUT2D eigenvalue weighted by molar-refractivity contribution is 0.132. The fraction of sp³-hybridized carbons (Fsp3) is 0.429. The number of fused-ring (bicyclic) bond motifs is 1. The Kier molecular flexibility index (Phi) is 5.98. The zero-order valence-electron chi connectivity index (χ0n) is 12.0. The standard InChI is InChI=1S/C14H17ClN2O4/c1-18-3-5-20-12-7-10-9-16-14(15)17-11(10)8-13(12)21-6-4-19-2/h7-9H,3-6H2,1-2H3. The lowest BCUT2D eigenvalue weighted by Crippen LogP contribution is -2.08. The van der Waals surface area contributed by atoms with Crippen LogP contribution in [0.4, 0.5) is 0 Å². The summed E-state index contributed by atoms with van der Waals surface area (Å²) in [6, 6.07) is 3.60. The number of benzene rings is 1. The summed E-state index contributed by atoms with van der Waals surface area (Å²) in [6.07, 6.45) is 1.65. The minimum Gasteiger partial charge on any atom is -0.487 e. The van der Waals surface area contributed by atoms with E-state index in [1.54, 1.807) is 26.5 Å². The lowest BCUT2D eigenvalue weighted by atomic mass is 10.2. The molecule has 0 fully saturated rings. The molecule has 0 amide bonds. The largest absolute Gasteiger partial charge is 0.487 e. The Balaban J connectivity index is 2.27. The fourth-order valence-corrected chi connectivity index (χ4v) is 1.85. The Morgan fingerprint density at radius 2 is 1.57 bits per heavy atom. The zero-order chi connectivity index (χ0) is 15.1. The van der Waals surface area contributed by atoms with Gasteiger partial charge in [-0.2, -0.15) is 0 Å². The Morgan fingerprint density at radius 3 is 2.19 bits per heavy atom. The summed E-state index contributed by atoms with van der Waals surface area (Å²) in [6.45, 7) is 1.82. The Morgan fingerprint density at radius 1 is 0.952 bits per heavy atom. The van der Waals surface area contributed by atoms with Crippen molar-refractivity contribution in [3.05, 3.63) is 23.6 Å². The van der Waals surface area contributed by atoms with Crippen molar-refractivity contribution in [3.8, 4) is 11.5 Å². The molecule has 2 aromatic rings. The summed E-state index contributed by atoms with van der Waals surface area (Å²) >= 11 is 5.81. The molecule has 0 aliphatic carbocycles. The molecule has 0 radical (unpaired) electrons. The monoisotopic (exact) mass is 312 g/mol. The number of nitrogens with zero attached hydrogens (tertiary/aromatic N) is 2. The molecule has 0 atom stereocenters. The highest BCUT2D eigenvalue weighted by molar-refractivity contribution is 6.28. The van der Waals surface area contributed by atoms with E-state index in [1.165, 1.54) is 0 Å². The zero-order valence-corrected chi connectivity index (χ0v) is 12.7. The number of rotatable bonds is 8. The van der Waals surface area contributed by atoms with E-state index in [9.17, 15) is 0 Å². The van der Waals surface area contributed by atoms with Crippen LogP contribution in [0.5, 0.6) is 11.5 Å². The van der Waals surface area contributed by atoms with E-state index in [-0.39, 0.29) is 5.28 Å². The molecule has 0 aliphatic rings. The predicted octanol–water partition coefficient (Wildman–Crippen LogP) is 2.33. The van der Waals surface area contributed by atoms with Gasteiger partial charge in [-0.15, -0.1) is 0 Å². The van der Waals surface area contributed by atoms with Crippen molar-refractivity contribution in [1.29, 1.82) is 0 Å². The molecule has 6 nitrogen and oxygen atoms in total. The molecule has 0 saturated heterocycles.